The highest BCUT2D eigenvalue weighted by atomic mass is 32.1. The van der Waals surface area contributed by atoms with Crippen LogP contribution in [0.3, 0.4) is 0 Å². The minimum atomic E-state index is -0.917. The van der Waals surface area contributed by atoms with Gasteiger partial charge in [-0.15, -0.1) is 0 Å². The smallest absolute Gasteiger partial charge is 0.347 e. The van der Waals surface area contributed by atoms with Crippen LogP contribution >= 0.6 is 11.3 Å². The normalized spacial score (nSPS) is 27.2. The summed E-state index contributed by atoms with van der Waals surface area (Å²) in [7, 11) is 3.58. The molecule has 1 heterocycles. The van der Waals surface area contributed by atoms with Crippen molar-refractivity contribution in [1.29, 1.82) is 0 Å². The van der Waals surface area contributed by atoms with Crippen molar-refractivity contribution >= 4 is 22.4 Å². The number of carboxylic acid groups (broad SMARTS) is 1. The number of methoxy groups -OCH3 is 1. The first-order valence-corrected chi connectivity index (χ1v) is 8.33. The topological polar surface area (TPSA) is 62.7 Å². The predicted molar refractivity (Wildman–Crippen MR) is 82.0 cm³/mol. The summed E-state index contributed by atoms with van der Waals surface area (Å²) < 4.78 is 5.05. The zero-order valence-corrected chi connectivity index (χ0v) is 13.4. The molecule has 3 atom stereocenters. The zero-order chi connectivity index (χ0) is 15.0. The molecule has 21 heavy (non-hydrogen) atoms. The average molecular weight is 310 g/mol. The molecular formula is C15H22N2O3S. The zero-order valence-electron chi connectivity index (χ0n) is 12.5. The molecule has 3 rings (SSSR count). The Morgan fingerprint density at radius 2 is 2.29 bits per heavy atom. The van der Waals surface area contributed by atoms with Crippen LogP contribution in [0.1, 0.15) is 41.0 Å². The van der Waals surface area contributed by atoms with E-state index in [1.807, 2.05) is 7.05 Å². The molecule has 2 aliphatic carbocycles. The highest BCUT2D eigenvalue weighted by molar-refractivity contribution is 7.17. The van der Waals surface area contributed by atoms with Crippen molar-refractivity contribution in [2.75, 3.05) is 25.6 Å². The van der Waals surface area contributed by atoms with E-state index in [-0.39, 0.29) is 6.61 Å². The lowest BCUT2D eigenvalue weighted by Gasteiger charge is -2.26. The van der Waals surface area contributed by atoms with Crippen LogP contribution in [0, 0.1) is 17.8 Å². The lowest BCUT2D eigenvalue weighted by molar-refractivity contribution is 0.0697. The van der Waals surface area contributed by atoms with E-state index in [0.29, 0.717) is 10.6 Å². The van der Waals surface area contributed by atoms with Gasteiger partial charge in [-0.3, -0.25) is 0 Å². The Morgan fingerprint density at radius 3 is 2.86 bits per heavy atom. The second-order valence-electron chi connectivity index (χ2n) is 6.33. The van der Waals surface area contributed by atoms with Gasteiger partial charge in [-0.25, -0.2) is 9.78 Å². The molecule has 116 valence electrons. The van der Waals surface area contributed by atoms with Crippen LogP contribution in [-0.2, 0) is 11.3 Å². The van der Waals surface area contributed by atoms with Crippen molar-refractivity contribution in [3.63, 3.8) is 0 Å². The van der Waals surface area contributed by atoms with Crippen molar-refractivity contribution in [2.24, 2.45) is 17.8 Å². The summed E-state index contributed by atoms with van der Waals surface area (Å²) in [6.07, 6.45) is 5.50. The van der Waals surface area contributed by atoms with Gasteiger partial charge in [-0.1, -0.05) is 17.8 Å². The lowest BCUT2D eigenvalue weighted by Crippen LogP contribution is -2.28. The minimum Gasteiger partial charge on any atom is -0.477 e. The number of hydrogen-bond donors (Lipinski definition) is 1. The third kappa shape index (κ3) is 2.92. The maximum atomic E-state index is 11.3. The monoisotopic (exact) mass is 310 g/mol. The van der Waals surface area contributed by atoms with E-state index in [1.165, 1.54) is 37.0 Å². The van der Waals surface area contributed by atoms with E-state index in [4.69, 9.17) is 4.74 Å². The maximum Gasteiger partial charge on any atom is 0.347 e. The van der Waals surface area contributed by atoms with Crippen molar-refractivity contribution in [2.45, 2.75) is 32.3 Å². The number of anilines is 1. The standard InChI is InChI=1S/C15H22N2O3S/c1-17(7-11-6-9-3-4-10(11)5-9)15-16-12(8-20-2)13(21-15)14(18)19/h9-11H,3-8H2,1-2H3,(H,18,19). The number of ether oxygens (including phenoxy) is 1. The third-order valence-electron chi connectivity index (χ3n) is 4.88. The maximum absolute atomic E-state index is 11.3. The molecule has 1 aromatic rings. The highest BCUT2D eigenvalue weighted by Crippen LogP contribution is 2.48. The van der Waals surface area contributed by atoms with Crippen molar-refractivity contribution in [3.05, 3.63) is 10.6 Å². The largest absolute Gasteiger partial charge is 0.477 e. The SMILES string of the molecule is COCc1nc(N(C)CC2CC3CCC2C3)sc1C(=O)O. The number of thiazole rings is 1. The van der Waals surface area contributed by atoms with Crippen LogP contribution in [0.2, 0.25) is 0 Å². The van der Waals surface area contributed by atoms with E-state index < -0.39 is 5.97 Å². The van der Waals surface area contributed by atoms with Crippen molar-refractivity contribution < 1.29 is 14.6 Å². The molecule has 0 saturated heterocycles. The summed E-state index contributed by atoms with van der Waals surface area (Å²) in [6, 6.07) is 0. The Kier molecular flexibility index (Phi) is 4.17. The molecule has 2 saturated carbocycles. The number of aromatic nitrogens is 1. The van der Waals surface area contributed by atoms with E-state index in [2.05, 4.69) is 9.88 Å². The summed E-state index contributed by atoms with van der Waals surface area (Å²) in [4.78, 5) is 18.2. The Hall–Kier alpha value is -1.14. The minimum absolute atomic E-state index is 0.250. The first kappa shape index (κ1) is 14.8. The Bertz CT molecular complexity index is 531. The van der Waals surface area contributed by atoms with Crippen LogP contribution in [0.5, 0.6) is 0 Å². The summed E-state index contributed by atoms with van der Waals surface area (Å²) in [5.41, 5.74) is 0.532. The summed E-state index contributed by atoms with van der Waals surface area (Å²) >= 11 is 1.25. The second kappa shape index (κ2) is 5.93. The third-order valence-corrected chi connectivity index (χ3v) is 6.08. The Balaban J connectivity index is 1.70. The molecule has 3 unspecified atom stereocenters. The number of hydrogen-bond acceptors (Lipinski definition) is 5. The molecule has 1 N–H and O–H groups in total. The first-order chi connectivity index (χ1) is 10.1. The molecule has 2 bridgehead atoms. The summed E-state index contributed by atoms with van der Waals surface area (Å²) in [5.74, 6) is 1.63. The molecule has 0 aliphatic heterocycles. The fraction of sp³-hybridized carbons (Fsp3) is 0.733. The summed E-state index contributed by atoms with van der Waals surface area (Å²) in [6.45, 7) is 1.24. The van der Waals surface area contributed by atoms with Gasteiger partial charge >= 0.3 is 5.97 Å². The molecule has 5 nitrogen and oxygen atoms in total. The molecule has 2 fully saturated rings. The number of fused-ring (bicyclic) bond motifs is 2. The molecule has 0 radical (unpaired) electrons. The number of rotatable bonds is 6. The molecular weight excluding hydrogens is 288 g/mol. The van der Waals surface area contributed by atoms with E-state index in [9.17, 15) is 9.90 Å². The molecule has 1 aromatic heterocycles. The Morgan fingerprint density at radius 1 is 1.48 bits per heavy atom. The van der Waals surface area contributed by atoms with Crippen molar-refractivity contribution in [3.8, 4) is 0 Å². The van der Waals surface area contributed by atoms with Gasteiger partial charge in [0, 0.05) is 20.7 Å². The van der Waals surface area contributed by atoms with Gasteiger partial charge in [-0.05, 0) is 37.0 Å². The summed E-state index contributed by atoms with van der Waals surface area (Å²) in [5, 5.41) is 10.0. The van der Waals surface area contributed by atoms with Gasteiger partial charge in [0.15, 0.2) is 5.13 Å². The average Bonchev–Trinajstić information content (AvgIpc) is 3.12. The van der Waals surface area contributed by atoms with Crippen LogP contribution in [0.4, 0.5) is 5.13 Å². The van der Waals surface area contributed by atoms with Gasteiger partial charge in [0.05, 0.1) is 12.3 Å². The number of aromatic carboxylic acids is 1. The van der Waals surface area contributed by atoms with Gasteiger partial charge in [0.25, 0.3) is 0 Å². The number of carbonyl (C=O) groups is 1. The van der Waals surface area contributed by atoms with Gasteiger partial charge < -0.3 is 14.7 Å². The number of nitrogens with zero attached hydrogens (tertiary/aromatic N) is 2. The van der Waals surface area contributed by atoms with Gasteiger partial charge in [0.1, 0.15) is 4.88 Å². The molecule has 2 aliphatic rings. The van der Waals surface area contributed by atoms with E-state index in [1.54, 1.807) is 7.11 Å². The van der Waals surface area contributed by atoms with Crippen LogP contribution < -0.4 is 4.90 Å². The van der Waals surface area contributed by atoms with Gasteiger partial charge in [0.2, 0.25) is 0 Å². The Labute approximate surface area is 128 Å². The molecule has 0 aromatic carbocycles. The predicted octanol–water partition coefficient (Wildman–Crippen LogP) is 2.86. The fourth-order valence-electron chi connectivity index (χ4n) is 3.93. The molecule has 0 amide bonds. The second-order valence-corrected chi connectivity index (χ2v) is 7.30. The van der Waals surface area contributed by atoms with E-state index >= 15 is 0 Å². The molecule has 0 spiro atoms. The highest BCUT2D eigenvalue weighted by Gasteiger charge is 2.39. The van der Waals surface area contributed by atoms with E-state index in [0.717, 1.165) is 29.4 Å². The lowest BCUT2D eigenvalue weighted by atomic mass is 9.88. The number of carboxylic acids is 1. The first-order valence-electron chi connectivity index (χ1n) is 7.51. The molecule has 6 heteroatoms. The van der Waals surface area contributed by atoms with Crippen molar-refractivity contribution in [1.82, 2.24) is 4.98 Å². The fourth-order valence-corrected chi connectivity index (χ4v) is 4.81. The quantitative estimate of drug-likeness (QED) is 0.875. The van der Waals surface area contributed by atoms with Crippen LogP contribution in [0.25, 0.3) is 0 Å². The van der Waals surface area contributed by atoms with Crippen LogP contribution in [-0.4, -0.2) is 36.8 Å². The van der Waals surface area contributed by atoms with Gasteiger partial charge in [-0.2, -0.15) is 0 Å². The van der Waals surface area contributed by atoms with Crippen LogP contribution in [0.15, 0.2) is 0 Å².